The first-order valence-electron chi connectivity index (χ1n) is 5.57. The number of halogens is 1. The van der Waals surface area contributed by atoms with E-state index in [1.807, 2.05) is 12.4 Å². The first-order chi connectivity index (χ1) is 8.40. The summed E-state index contributed by atoms with van der Waals surface area (Å²) in [5, 5.41) is 2.04. The Bertz CT molecular complexity index is 433. The van der Waals surface area contributed by atoms with Crippen molar-refractivity contribution in [2.75, 3.05) is 7.05 Å². The molecule has 18 heavy (non-hydrogen) atoms. The summed E-state index contributed by atoms with van der Waals surface area (Å²) in [6.45, 7) is 2.24. The van der Waals surface area contributed by atoms with Crippen LogP contribution in [-0.4, -0.2) is 25.0 Å². The SMILES string of the molecule is C[C@H](C(=O)NC(N)=O)[NH+](C)Cc1ccc(F)cc1. The maximum Gasteiger partial charge on any atom is 0.319 e. The van der Waals surface area contributed by atoms with E-state index in [-0.39, 0.29) is 5.82 Å². The number of urea groups is 1. The maximum absolute atomic E-state index is 12.7. The van der Waals surface area contributed by atoms with E-state index in [9.17, 15) is 14.0 Å². The maximum atomic E-state index is 12.7. The number of carbonyl (C=O) groups is 2. The first kappa shape index (κ1) is 14.1. The van der Waals surface area contributed by atoms with E-state index < -0.39 is 18.0 Å². The van der Waals surface area contributed by atoms with Gasteiger partial charge in [-0.3, -0.25) is 10.1 Å². The molecule has 0 radical (unpaired) electrons. The van der Waals surface area contributed by atoms with Crippen LogP contribution >= 0.6 is 0 Å². The van der Waals surface area contributed by atoms with Crippen LogP contribution in [0.5, 0.6) is 0 Å². The molecule has 0 spiro atoms. The van der Waals surface area contributed by atoms with E-state index >= 15 is 0 Å². The predicted octanol–water partition coefficient (Wildman–Crippen LogP) is -0.576. The van der Waals surface area contributed by atoms with E-state index in [0.29, 0.717) is 6.54 Å². The highest BCUT2D eigenvalue weighted by molar-refractivity contribution is 5.95. The van der Waals surface area contributed by atoms with Gasteiger partial charge in [-0.05, 0) is 19.1 Å². The highest BCUT2D eigenvalue weighted by atomic mass is 19.1. The minimum atomic E-state index is -0.860. The molecule has 6 heteroatoms. The van der Waals surface area contributed by atoms with E-state index in [4.69, 9.17) is 5.73 Å². The number of imide groups is 1. The number of benzene rings is 1. The third-order valence-electron chi connectivity index (χ3n) is 2.78. The van der Waals surface area contributed by atoms with Gasteiger partial charge in [0.2, 0.25) is 0 Å². The number of nitrogens with one attached hydrogen (secondary N) is 2. The Hall–Kier alpha value is -1.95. The average Bonchev–Trinajstić information content (AvgIpc) is 2.30. The van der Waals surface area contributed by atoms with E-state index in [0.717, 1.165) is 10.5 Å². The molecular formula is C12H17FN3O2+. The lowest BCUT2D eigenvalue weighted by Gasteiger charge is -2.20. The number of hydrogen-bond donors (Lipinski definition) is 3. The molecule has 3 amide bonds. The van der Waals surface area contributed by atoms with Crippen LogP contribution in [0, 0.1) is 5.82 Å². The van der Waals surface area contributed by atoms with Crippen molar-refractivity contribution in [3.8, 4) is 0 Å². The largest absolute Gasteiger partial charge is 0.351 e. The van der Waals surface area contributed by atoms with Gasteiger partial charge < -0.3 is 10.6 Å². The second kappa shape index (κ2) is 6.11. The number of nitrogens with two attached hydrogens (primary N) is 1. The van der Waals surface area contributed by atoms with Crippen LogP contribution < -0.4 is 16.0 Å². The van der Waals surface area contributed by atoms with Crippen LogP contribution in [0.1, 0.15) is 12.5 Å². The van der Waals surface area contributed by atoms with Gasteiger partial charge in [0.05, 0.1) is 7.05 Å². The highest BCUT2D eigenvalue weighted by Crippen LogP contribution is 2.00. The van der Waals surface area contributed by atoms with Gasteiger partial charge in [0.1, 0.15) is 12.4 Å². The normalized spacial score (nSPS) is 13.7. The average molecular weight is 254 g/mol. The van der Waals surface area contributed by atoms with Gasteiger partial charge in [-0.25, -0.2) is 9.18 Å². The third-order valence-corrected chi connectivity index (χ3v) is 2.78. The second-order valence-electron chi connectivity index (χ2n) is 4.22. The molecule has 2 atom stereocenters. The molecule has 0 aliphatic heterocycles. The topological polar surface area (TPSA) is 76.6 Å². The molecule has 1 unspecified atom stereocenters. The predicted molar refractivity (Wildman–Crippen MR) is 64.2 cm³/mol. The van der Waals surface area contributed by atoms with Crippen molar-refractivity contribution >= 4 is 11.9 Å². The van der Waals surface area contributed by atoms with Crippen molar-refractivity contribution in [3.63, 3.8) is 0 Å². The molecule has 5 nitrogen and oxygen atoms in total. The van der Waals surface area contributed by atoms with Crippen LogP contribution in [0.3, 0.4) is 0 Å². The fourth-order valence-electron chi connectivity index (χ4n) is 1.53. The summed E-state index contributed by atoms with van der Waals surface area (Å²) in [6.07, 6.45) is 0. The Morgan fingerprint density at radius 2 is 1.94 bits per heavy atom. The number of carbonyl (C=O) groups excluding carboxylic acids is 2. The van der Waals surface area contributed by atoms with Gasteiger partial charge in [0, 0.05) is 5.56 Å². The van der Waals surface area contributed by atoms with Crippen molar-refractivity contribution in [1.82, 2.24) is 5.32 Å². The zero-order valence-electron chi connectivity index (χ0n) is 10.4. The van der Waals surface area contributed by atoms with Crippen LogP contribution in [0.2, 0.25) is 0 Å². The first-order valence-corrected chi connectivity index (χ1v) is 5.57. The van der Waals surface area contributed by atoms with Crippen molar-refractivity contribution in [2.45, 2.75) is 19.5 Å². The lowest BCUT2D eigenvalue weighted by Crippen LogP contribution is -3.12. The number of quaternary nitrogens is 1. The van der Waals surface area contributed by atoms with Gasteiger partial charge in [0.25, 0.3) is 5.91 Å². The van der Waals surface area contributed by atoms with Crippen molar-refractivity contribution in [3.05, 3.63) is 35.6 Å². The fraction of sp³-hybridized carbons (Fsp3) is 0.333. The van der Waals surface area contributed by atoms with E-state index in [2.05, 4.69) is 0 Å². The number of rotatable bonds is 4. The smallest absolute Gasteiger partial charge is 0.319 e. The molecule has 98 valence electrons. The summed E-state index contributed by atoms with van der Waals surface area (Å²) in [7, 11) is 1.81. The zero-order valence-corrected chi connectivity index (χ0v) is 10.4. The molecular weight excluding hydrogens is 237 g/mol. The van der Waals surface area contributed by atoms with E-state index in [1.165, 1.54) is 12.1 Å². The van der Waals surface area contributed by atoms with Gasteiger partial charge in [-0.2, -0.15) is 0 Å². The number of hydrogen-bond acceptors (Lipinski definition) is 2. The molecule has 0 heterocycles. The van der Waals surface area contributed by atoms with E-state index in [1.54, 1.807) is 19.1 Å². The van der Waals surface area contributed by atoms with Crippen molar-refractivity contribution in [2.24, 2.45) is 5.73 Å². The van der Waals surface area contributed by atoms with Crippen LogP contribution in [-0.2, 0) is 11.3 Å². The van der Waals surface area contributed by atoms with Crippen LogP contribution in [0.25, 0.3) is 0 Å². The molecule has 0 aliphatic carbocycles. The summed E-state index contributed by atoms with van der Waals surface area (Å²) in [5.74, 6) is -0.724. The minimum absolute atomic E-state index is 0.295. The quantitative estimate of drug-likeness (QED) is 0.672. The molecule has 0 aliphatic rings. The standard InChI is InChI=1S/C12H16FN3O2/c1-8(11(17)15-12(14)18)16(2)7-9-3-5-10(13)6-4-9/h3-6,8H,7H2,1-2H3,(H3,14,15,17,18)/p+1/t8-/m1/s1. The second-order valence-corrected chi connectivity index (χ2v) is 4.22. The Morgan fingerprint density at radius 1 is 1.39 bits per heavy atom. The molecule has 1 aromatic rings. The van der Waals surface area contributed by atoms with Gasteiger partial charge in [-0.1, -0.05) is 12.1 Å². The summed E-state index contributed by atoms with van der Waals surface area (Å²) < 4.78 is 12.7. The lowest BCUT2D eigenvalue weighted by atomic mass is 10.2. The van der Waals surface area contributed by atoms with Crippen LogP contribution in [0.4, 0.5) is 9.18 Å². The van der Waals surface area contributed by atoms with Gasteiger partial charge in [-0.15, -0.1) is 0 Å². The van der Waals surface area contributed by atoms with Crippen molar-refractivity contribution in [1.29, 1.82) is 0 Å². The minimum Gasteiger partial charge on any atom is -0.351 e. The fourth-order valence-corrected chi connectivity index (χ4v) is 1.53. The van der Waals surface area contributed by atoms with Gasteiger partial charge >= 0.3 is 6.03 Å². The monoisotopic (exact) mass is 254 g/mol. The Morgan fingerprint density at radius 3 is 2.44 bits per heavy atom. The zero-order chi connectivity index (χ0) is 13.7. The molecule has 0 saturated carbocycles. The number of amides is 3. The van der Waals surface area contributed by atoms with Crippen molar-refractivity contribution < 1.29 is 18.9 Å². The number of primary amides is 1. The molecule has 0 fully saturated rings. The summed E-state index contributed by atoms with van der Waals surface area (Å²) >= 11 is 0. The molecule has 0 aromatic heterocycles. The lowest BCUT2D eigenvalue weighted by molar-refractivity contribution is -0.908. The molecule has 4 N–H and O–H groups in total. The Labute approximate surface area is 105 Å². The van der Waals surface area contributed by atoms with Gasteiger partial charge in [0.15, 0.2) is 6.04 Å². The molecule has 0 saturated heterocycles. The Kier molecular flexibility index (Phi) is 4.79. The Balaban J connectivity index is 2.59. The molecule has 1 rings (SSSR count). The summed E-state index contributed by atoms with van der Waals surface area (Å²) in [4.78, 5) is 23.0. The molecule has 0 bridgehead atoms. The van der Waals surface area contributed by atoms with Crippen LogP contribution in [0.15, 0.2) is 24.3 Å². The summed E-state index contributed by atoms with van der Waals surface area (Å²) in [6, 6.07) is 4.78. The molecule has 1 aromatic carbocycles. The number of likely N-dealkylation sites (N-methyl/N-ethyl adjacent to an activating group) is 1. The third kappa shape index (κ3) is 4.14. The summed E-state index contributed by atoms with van der Waals surface area (Å²) in [5.41, 5.74) is 5.79. The highest BCUT2D eigenvalue weighted by Gasteiger charge is 2.22.